The van der Waals surface area contributed by atoms with Crippen molar-refractivity contribution in [2.75, 3.05) is 6.61 Å². The summed E-state index contributed by atoms with van der Waals surface area (Å²) in [7, 11) is -4.75. The summed E-state index contributed by atoms with van der Waals surface area (Å²) < 4.78 is 53.1. The third-order valence-corrected chi connectivity index (χ3v) is 5.67. The highest BCUT2D eigenvalue weighted by atomic mass is 32.2. The Morgan fingerprint density at radius 3 is 2.07 bits per heavy atom. The third-order valence-electron chi connectivity index (χ3n) is 4.27. The lowest BCUT2D eigenvalue weighted by Crippen LogP contribution is -2.46. The van der Waals surface area contributed by atoms with E-state index in [2.05, 4.69) is 0 Å². The Balaban J connectivity index is 2.05. The molecule has 162 valence electrons. The second kappa shape index (κ2) is 9.34. The molecular formula is C21H23F2NO5S. The summed E-state index contributed by atoms with van der Waals surface area (Å²) in [5.41, 5.74) is 0.342. The number of ether oxygens (including phenoxy) is 1. The van der Waals surface area contributed by atoms with Crippen LogP contribution >= 0.6 is 0 Å². The number of alkyl halides is 2. The summed E-state index contributed by atoms with van der Waals surface area (Å²) in [5, 5.41) is 0. The lowest BCUT2D eigenvalue weighted by atomic mass is 10.0. The molecule has 0 bridgehead atoms. The van der Waals surface area contributed by atoms with Gasteiger partial charge in [0.05, 0.1) is 10.5 Å². The number of carbonyl (C=O) groups is 2. The highest BCUT2D eigenvalue weighted by Crippen LogP contribution is 2.20. The smallest absolute Gasteiger partial charge is 0.341 e. The molecule has 0 unspecified atom stereocenters. The van der Waals surface area contributed by atoms with Crippen LogP contribution in [-0.2, 0) is 25.9 Å². The van der Waals surface area contributed by atoms with Crippen LogP contribution in [-0.4, -0.2) is 43.1 Å². The summed E-state index contributed by atoms with van der Waals surface area (Å²) in [6.45, 7) is 5.40. The van der Waals surface area contributed by atoms with Gasteiger partial charge in [0.25, 0.3) is 5.91 Å². The number of nitrogens with zero attached hydrogens (tertiary/aromatic N) is 1. The molecule has 0 heterocycles. The van der Waals surface area contributed by atoms with E-state index in [-0.39, 0.29) is 5.56 Å². The van der Waals surface area contributed by atoms with Crippen LogP contribution in [0.4, 0.5) is 8.78 Å². The SMILES string of the molecule is CC(C)(C)N(Cc1ccccc1)C(=O)COC(=O)c1ccc(S(=O)(=O)C(F)F)cc1. The zero-order chi connectivity index (χ0) is 22.5. The molecule has 2 aromatic rings. The predicted octanol–water partition coefficient (Wildman–Crippen LogP) is 3.67. The number of hydrogen-bond acceptors (Lipinski definition) is 5. The van der Waals surface area contributed by atoms with Gasteiger partial charge in [0.15, 0.2) is 6.61 Å². The zero-order valence-corrected chi connectivity index (χ0v) is 17.7. The van der Waals surface area contributed by atoms with Gasteiger partial charge in [-0.3, -0.25) is 4.79 Å². The van der Waals surface area contributed by atoms with Gasteiger partial charge >= 0.3 is 11.7 Å². The molecule has 0 aliphatic rings. The molecule has 0 radical (unpaired) electrons. The number of carbonyl (C=O) groups excluding carboxylic acids is 2. The summed E-state index contributed by atoms with van der Waals surface area (Å²) >= 11 is 0. The van der Waals surface area contributed by atoms with E-state index < -0.39 is 44.5 Å². The maximum absolute atomic E-state index is 12.7. The molecule has 0 fully saturated rings. The van der Waals surface area contributed by atoms with Gasteiger partial charge in [-0.25, -0.2) is 13.2 Å². The number of amides is 1. The lowest BCUT2D eigenvalue weighted by molar-refractivity contribution is -0.140. The molecule has 30 heavy (non-hydrogen) atoms. The summed E-state index contributed by atoms with van der Waals surface area (Å²) in [6.07, 6.45) is 0. The topological polar surface area (TPSA) is 80.8 Å². The largest absolute Gasteiger partial charge is 0.452 e. The minimum atomic E-state index is -4.75. The predicted molar refractivity (Wildman–Crippen MR) is 107 cm³/mol. The minimum Gasteiger partial charge on any atom is -0.452 e. The maximum atomic E-state index is 12.7. The van der Waals surface area contributed by atoms with E-state index in [4.69, 9.17) is 4.74 Å². The van der Waals surface area contributed by atoms with Crippen molar-refractivity contribution in [3.63, 3.8) is 0 Å². The van der Waals surface area contributed by atoms with Gasteiger partial charge in [-0.05, 0) is 50.6 Å². The van der Waals surface area contributed by atoms with Crippen molar-refractivity contribution in [1.82, 2.24) is 4.90 Å². The molecule has 0 aliphatic carbocycles. The third kappa shape index (κ3) is 5.85. The highest BCUT2D eigenvalue weighted by molar-refractivity contribution is 7.91. The van der Waals surface area contributed by atoms with Crippen LogP contribution in [0.25, 0.3) is 0 Å². The molecule has 0 atom stereocenters. The average molecular weight is 439 g/mol. The monoisotopic (exact) mass is 439 g/mol. The van der Waals surface area contributed by atoms with Crippen LogP contribution in [0.1, 0.15) is 36.7 Å². The van der Waals surface area contributed by atoms with Gasteiger partial charge in [0.2, 0.25) is 9.84 Å². The number of sulfone groups is 1. The Morgan fingerprint density at radius 2 is 1.57 bits per heavy atom. The fraction of sp³-hybridized carbons (Fsp3) is 0.333. The molecule has 0 aromatic heterocycles. The lowest BCUT2D eigenvalue weighted by Gasteiger charge is -2.35. The van der Waals surface area contributed by atoms with Gasteiger partial charge in [-0.15, -0.1) is 0 Å². The van der Waals surface area contributed by atoms with Crippen LogP contribution in [0.2, 0.25) is 0 Å². The molecule has 6 nitrogen and oxygen atoms in total. The Labute approximate surface area is 174 Å². The molecule has 2 rings (SSSR count). The van der Waals surface area contributed by atoms with Crippen molar-refractivity contribution < 1.29 is 31.5 Å². The van der Waals surface area contributed by atoms with E-state index in [1.165, 1.54) is 0 Å². The van der Waals surface area contributed by atoms with E-state index in [0.717, 1.165) is 29.8 Å². The fourth-order valence-corrected chi connectivity index (χ4v) is 3.36. The van der Waals surface area contributed by atoms with E-state index in [1.807, 2.05) is 51.1 Å². The second-order valence-electron chi connectivity index (χ2n) is 7.54. The fourth-order valence-electron chi connectivity index (χ4n) is 2.64. The van der Waals surface area contributed by atoms with Gasteiger partial charge in [-0.2, -0.15) is 8.78 Å². The summed E-state index contributed by atoms with van der Waals surface area (Å²) in [4.78, 5) is 25.8. The van der Waals surface area contributed by atoms with Crippen LogP contribution in [0.5, 0.6) is 0 Å². The van der Waals surface area contributed by atoms with Crippen LogP contribution < -0.4 is 0 Å². The van der Waals surface area contributed by atoms with Crippen LogP contribution in [0, 0.1) is 0 Å². The van der Waals surface area contributed by atoms with Gasteiger partial charge < -0.3 is 9.64 Å². The van der Waals surface area contributed by atoms with Crippen molar-refractivity contribution in [1.29, 1.82) is 0 Å². The number of esters is 1. The first-order chi connectivity index (χ1) is 13.9. The van der Waals surface area contributed by atoms with Crippen molar-refractivity contribution in [3.05, 3.63) is 65.7 Å². The maximum Gasteiger partial charge on any atom is 0.341 e. The number of halogens is 2. The minimum absolute atomic E-state index is 0.0543. The summed E-state index contributed by atoms with van der Waals surface area (Å²) in [6, 6.07) is 13.3. The zero-order valence-electron chi connectivity index (χ0n) is 16.8. The van der Waals surface area contributed by atoms with Crippen molar-refractivity contribution >= 4 is 21.7 Å². The highest BCUT2D eigenvalue weighted by Gasteiger charge is 2.28. The van der Waals surface area contributed by atoms with Crippen molar-refractivity contribution in [2.45, 2.75) is 43.5 Å². The van der Waals surface area contributed by atoms with Crippen molar-refractivity contribution in [2.24, 2.45) is 0 Å². The van der Waals surface area contributed by atoms with E-state index in [0.29, 0.717) is 6.54 Å². The molecule has 0 aliphatic heterocycles. The first-order valence-corrected chi connectivity index (χ1v) is 10.6. The Morgan fingerprint density at radius 1 is 1.00 bits per heavy atom. The molecule has 0 saturated carbocycles. The molecule has 9 heteroatoms. The Bertz CT molecular complexity index is 984. The molecule has 0 N–H and O–H groups in total. The van der Waals surface area contributed by atoms with Crippen LogP contribution in [0.15, 0.2) is 59.5 Å². The molecule has 0 saturated heterocycles. The van der Waals surface area contributed by atoms with Crippen molar-refractivity contribution in [3.8, 4) is 0 Å². The quantitative estimate of drug-likeness (QED) is 0.615. The van der Waals surface area contributed by atoms with Gasteiger partial charge in [-0.1, -0.05) is 30.3 Å². The van der Waals surface area contributed by atoms with Crippen LogP contribution in [0.3, 0.4) is 0 Å². The summed E-state index contributed by atoms with van der Waals surface area (Å²) in [5.74, 6) is -4.82. The van der Waals surface area contributed by atoms with E-state index in [1.54, 1.807) is 4.90 Å². The first-order valence-electron chi connectivity index (χ1n) is 9.06. The number of hydrogen-bond donors (Lipinski definition) is 0. The molecule has 1 amide bonds. The average Bonchev–Trinajstić information content (AvgIpc) is 2.70. The second-order valence-corrected chi connectivity index (χ2v) is 9.46. The molecule has 0 spiro atoms. The normalized spacial score (nSPS) is 11.9. The number of benzene rings is 2. The Hall–Kier alpha value is -2.81. The molecular weight excluding hydrogens is 416 g/mol. The Kier molecular flexibility index (Phi) is 7.30. The standard InChI is InChI=1S/C21H23F2NO5S/c1-21(2,3)24(13-15-7-5-4-6-8-15)18(25)14-29-19(26)16-9-11-17(12-10-16)30(27,28)20(22)23/h4-12,20H,13-14H2,1-3H3. The van der Waals surface area contributed by atoms with E-state index in [9.17, 15) is 26.8 Å². The number of rotatable bonds is 7. The van der Waals surface area contributed by atoms with Gasteiger partial charge in [0, 0.05) is 12.1 Å². The molecule has 2 aromatic carbocycles. The first kappa shape index (κ1) is 23.5. The van der Waals surface area contributed by atoms with Gasteiger partial charge in [0.1, 0.15) is 0 Å². The van der Waals surface area contributed by atoms with E-state index >= 15 is 0 Å².